The smallest absolute Gasteiger partial charge is 0.267 e. The standard InChI is InChI=1S/C13H22N4OS/c1-3-9-5-6-17(10(7-9)8-14)13(18)12-11(4-2)15-16-19-12/h9-10H,3-8,14H2,1-2H3. The third-order valence-electron chi connectivity index (χ3n) is 4.02. The third-order valence-corrected chi connectivity index (χ3v) is 4.78. The molecule has 2 N–H and O–H groups in total. The highest BCUT2D eigenvalue weighted by Crippen LogP contribution is 2.27. The fourth-order valence-corrected chi connectivity index (χ4v) is 3.44. The third kappa shape index (κ3) is 2.95. The molecule has 1 aliphatic rings. The molecular weight excluding hydrogens is 260 g/mol. The lowest BCUT2D eigenvalue weighted by Gasteiger charge is -2.38. The lowest BCUT2D eigenvalue weighted by Crippen LogP contribution is -2.49. The fourth-order valence-electron chi connectivity index (χ4n) is 2.73. The summed E-state index contributed by atoms with van der Waals surface area (Å²) in [6.07, 6.45) is 4.01. The number of nitrogens with two attached hydrogens (primary N) is 1. The average Bonchev–Trinajstić information content (AvgIpc) is 2.94. The molecule has 0 aliphatic carbocycles. The highest BCUT2D eigenvalue weighted by Gasteiger charge is 2.32. The molecule has 2 rings (SSSR count). The van der Waals surface area contributed by atoms with Crippen LogP contribution in [0.3, 0.4) is 0 Å². The van der Waals surface area contributed by atoms with E-state index in [9.17, 15) is 4.79 Å². The molecule has 2 unspecified atom stereocenters. The Morgan fingerprint density at radius 3 is 2.95 bits per heavy atom. The molecule has 1 fully saturated rings. The normalized spacial score (nSPS) is 23.6. The van der Waals surface area contributed by atoms with Gasteiger partial charge in [0.1, 0.15) is 4.88 Å². The van der Waals surface area contributed by atoms with Crippen LogP contribution < -0.4 is 5.73 Å². The minimum Gasteiger partial charge on any atom is -0.334 e. The molecule has 0 radical (unpaired) electrons. The molecule has 1 saturated heterocycles. The SMILES string of the molecule is CCc1nnsc1C(=O)N1CCC(CC)CC1CN. The molecule has 1 aromatic heterocycles. The van der Waals surface area contributed by atoms with Gasteiger partial charge in [0, 0.05) is 19.1 Å². The molecule has 0 aromatic carbocycles. The van der Waals surface area contributed by atoms with Gasteiger partial charge in [0.15, 0.2) is 0 Å². The zero-order valence-corrected chi connectivity index (χ0v) is 12.4. The molecule has 2 heterocycles. The number of hydrogen-bond acceptors (Lipinski definition) is 5. The molecule has 1 aromatic rings. The summed E-state index contributed by atoms with van der Waals surface area (Å²) in [5.74, 6) is 0.764. The van der Waals surface area contributed by atoms with Crippen molar-refractivity contribution < 1.29 is 4.79 Å². The zero-order chi connectivity index (χ0) is 13.8. The van der Waals surface area contributed by atoms with Crippen LogP contribution in [-0.2, 0) is 6.42 Å². The summed E-state index contributed by atoms with van der Waals surface area (Å²) in [5.41, 5.74) is 6.66. The minimum atomic E-state index is 0.0665. The number of aryl methyl sites for hydroxylation is 1. The zero-order valence-electron chi connectivity index (χ0n) is 11.6. The predicted molar refractivity (Wildman–Crippen MR) is 76.2 cm³/mol. The largest absolute Gasteiger partial charge is 0.334 e. The number of likely N-dealkylation sites (tertiary alicyclic amines) is 1. The molecule has 106 valence electrons. The topological polar surface area (TPSA) is 72.1 Å². The van der Waals surface area contributed by atoms with Crippen LogP contribution in [0.1, 0.15) is 48.5 Å². The average molecular weight is 282 g/mol. The Balaban J connectivity index is 2.14. The van der Waals surface area contributed by atoms with E-state index in [0.717, 1.165) is 31.5 Å². The highest BCUT2D eigenvalue weighted by molar-refractivity contribution is 7.08. The second-order valence-electron chi connectivity index (χ2n) is 5.09. The number of nitrogens with zero attached hydrogens (tertiary/aromatic N) is 3. The highest BCUT2D eigenvalue weighted by atomic mass is 32.1. The monoisotopic (exact) mass is 282 g/mol. The summed E-state index contributed by atoms with van der Waals surface area (Å²) in [6.45, 7) is 5.55. The van der Waals surface area contributed by atoms with Gasteiger partial charge in [0.05, 0.1) is 5.69 Å². The van der Waals surface area contributed by atoms with Crippen LogP contribution in [-0.4, -0.2) is 39.5 Å². The number of hydrogen-bond donors (Lipinski definition) is 1. The molecular formula is C13H22N4OS. The van der Waals surface area contributed by atoms with E-state index in [1.165, 1.54) is 18.0 Å². The summed E-state index contributed by atoms with van der Waals surface area (Å²) in [7, 11) is 0. The van der Waals surface area contributed by atoms with Crippen LogP contribution in [0.15, 0.2) is 0 Å². The number of piperidine rings is 1. The number of carbonyl (C=O) groups is 1. The van der Waals surface area contributed by atoms with E-state index in [0.29, 0.717) is 17.3 Å². The van der Waals surface area contributed by atoms with Crippen molar-refractivity contribution in [1.82, 2.24) is 14.5 Å². The number of amides is 1. The maximum Gasteiger partial charge on any atom is 0.267 e. The maximum absolute atomic E-state index is 12.6. The maximum atomic E-state index is 12.6. The van der Waals surface area contributed by atoms with Crippen LogP contribution >= 0.6 is 11.5 Å². The van der Waals surface area contributed by atoms with Crippen LogP contribution in [0.25, 0.3) is 0 Å². The summed E-state index contributed by atoms with van der Waals surface area (Å²) in [5, 5.41) is 4.02. The van der Waals surface area contributed by atoms with Crippen LogP contribution in [0.5, 0.6) is 0 Å². The lowest BCUT2D eigenvalue weighted by atomic mass is 9.88. The Morgan fingerprint density at radius 1 is 1.53 bits per heavy atom. The first kappa shape index (κ1) is 14.4. The molecule has 19 heavy (non-hydrogen) atoms. The van der Waals surface area contributed by atoms with Gasteiger partial charge in [0.25, 0.3) is 5.91 Å². The van der Waals surface area contributed by atoms with Crippen molar-refractivity contribution in [3.05, 3.63) is 10.6 Å². The molecule has 1 amide bonds. The van der Waals surface area contributed by atoms with E-state index in [-0.39, 0.29) is 11.9 Å². The Labute approximate surface area is 118 Å². The first-order valence-corrected chi connectivity index (χ1v) is 7.80. The molecule has 0 spiro atoms. The molecule has 6 heteroatoms. The molecule has 2 atom stereocenters. The van der Waals surface area contributed by atoms with Crippen molar-refractivity contribution in [2.75, 3.05) is 13.1 Å². The van der Waals surface area contributed by atoms with Gasteiger partial charge in [-0.1, -0.05) is 24.8 Å². The van der Waals surface area contributed by atoms with E-state index < -0.39 is 0 Å². The van der Waals surface area contributed by atoms with Crippen LogP contribution in [0.2, 0.25) is 0 Å². The van der Waals surface area contributed by atoms with Crippen molar-refractivity contribution in [3.8, 4) is 0 Å². The van der Waals surface area contributed by atoms with Gasteiger partial charge in [-0.15, -0.1) is 5.10 Å². The second-order valence-corrected chi connectivity index (χ2v) is 5.84. The second kappa shape index (κ2) is 6.43. The van der Waals surface area contributed by atoms with E-state index in [4.69, 9.17) is 5.73 Å². The van der Waals surface area contributed by atoms with E-state index in [1.807, 2.05) is 11.8 Å². The van der Waals surface area contributed by atoms with Gasteiger partial charge in [-0.25, -0.2) is 0 Å². The molecule has 0 bridgehead atoms. The number of rotatable bonds is 4. The summed E-state index contributed by atoms with van der Waals surface area (Å²) >= 11 is 1.20. The number of aromatic nitrogens is 2. The van der Waals surface area contributed by atoms with Crippen LogP contribution in [0, 0.1) is 5.92 Å². The minimum absolute atomic E-state index is 0.0665. The molecule has 0 saturated carbocycles. The van der Waals surface area contributed by atoms with Gasteiger partial charge in [-0.3, -0.25) is 4.79 Å². The van der Waals surface area contributed by atoms with Gasteiger partial charge in [-0.2, -0.15) is 0 Å². The first-order valence-electron chi connectivity index (χ1n) is 7.03. The summed E-state index contributed by atoms with van der Waals surface area (Å²) < 4.78 is 3.90. The quantitative estimate of drug-likeness (QED) is 0.912. The van der Waals surface area contributed by atoms with Crippen molar-refractivity contribution >= 4 is 17.4 Å². The van der Waals surface area contributed by atoms with Gasteiger partial charge in [-0.05, 0) is 36.7 Å². The van der Waals surface area contributed by atoms with Crippen LogP contribution in [0.4, 0.5) is 0 Å². The lowest BCUT2D eigenvalue weighted by molar-refractivity contribution is 0.0562. The Kier molecular flexibility index (Phi) is 4.87. The van der Waals surface area contributed by atoms with E-state index in [1.54, 1.807) is 0 Å². The Hall–Kier alpha value is -1.01. The first-order chi connectivity index (χ1) is 9.21. The van der Waals surface area contributed by atoms with Crippen molar-refractivity contribution in [2.45, 2.75) is 45.6 Å². The predicted octanol–water partition coefficient (Wildman–Crippen LogP) is 1.69. The van der Waals surface area contributed by atoms with Crippen molar-refractivity contribution in [2.24, 2.45) is 11.7 Å². The summed E-state index contributed by atoms with van der Waals surface area (Å²) in [6, 6.07) is 0.165. The van der Waals surface area contributed by atoms with Crippen molar-refractivity contribution in [3.63, 3.8) is 0 Å². The fraction of sp³-hybridized carbons (Fsp3) is 0.769. The Morgan fingerprint density at radius 2 is 2.32 bits per heavy atom. The van der Waals surface area contributed by atoms with Gasteiger partial charge in [0.2, 0.25) is 0 Å². The van der Waals surface area contributed by atoms with Crippen molar-refractivity contribution in [1.29, 1.82) is 0 Å². The van der Waals surface area contributed by atoms with Gasteiger partial charge < -0.3 is 10.6 Å². The van der Waals surface area contributed by atoms with E-state index in [2.05, 4.69) is 16.5 Å². The van der Waals surface area contributed by atoms with E-state index >= 15 is 0 Å². The summed E-state index contributed by atoms with van der Waals surface area (Å²) in [4.78, 5) is 15.2. The molecule has 5 nitrogen and oxygen atoms in total. The number of carbonyl (C=O) groups excluding carboxylic acids is 1. The van der Waals surface area contributed by atoms with Gasteiger partial charge >= 0.3 is 0 Å². The Bertz CT molecular complexity index is 434. The molecule has 1 aliphatic heterocycles.